The van der Waals surface area contributed by atoms with Crippen LogP contribution in [-0.2, 0) is 11.3 Å². The molecule has 0 radical (unpaired) electrons. The third-order valence-corrected chi connectivity index (χ3v) is 5.94. The highest BCUT2D eigenvalue weighted by Crippen LogP contribution is 2.24. The van der Waals surface area contributed by atoms with Crippen molar-refractivity contribution >= 4 is 5.91 Å². The molecule has 2 aliphatic rings. The van der Waals surface area contributed by atoms with Gasteiger partial charge in [-0.1, -0.05) is 0 Å². The minimum atomic E-state index is 0.128. The topological polar surface area (TPSA) is 68.7 Å². The van der Waals surface area contributed by atoms with Crippen molar-refractivity contribution in [2.24, 2.45) is 5.92 Å². The summed E-state index contributed by atoms with van der Waals surface area (Å²) in [6.07, 6.45) is 9.85. The molecule has 0 unspecified atom stereocenters. The summed E-state index contributed by atoms with van der Waals surface area (Å²) in [6, 6.07) is 4.81. The van der Waals surface area contributed by atoms with Crippen molar-refractivity contribution in [3.63, 3.8) is 0 Å². The zero-order chi connectivity index (χ0) is 18.9. The molecular weight excluding hydrogens is 340 g/mol. The van der Waals surface area contributed by atoms with E-state index < -0.39 is 0 Å². The molecule has 0 spiro atoms. The van der Waals surface area contributed by atoms with Gasteiger partial charge in [0.15, 0.2) is 0 Å². The van der Waals surface area contributed by atoms with Gasteiger partial charge in [0, 0.05) is 44.7 Å². The molecule has 1 amide bonds. The first-order valence-corrected chi connectivity index (χ1v) is 10.5. The molecule has 2 saturated heterocycles. The van der Waals surface area contributed by atoms with Crippen LogP contribution in [0.4, 0.5) is 0 Å². The summed E-state index contributed by atoms with van der Waals surface area (Å²) in [5, 5.41) is 11.9. The van der Waals surface area contributed by atoms with Gasteiger partial charge < -0.3 is 10.4 Å². The van der Waals surface area contributed by atoms with Crippen LogP contribution in [0.15, 0.2) is 24.5 Å². The first-order valence-electron chi connectivity index (χ1n) is 10.5. The van der Waals surface area contributed by atoms with E-state index in [9.17, 15) is 4.79 Å². The molecule has 0 saturated carbocycles. The standard InChI is InChI=1S/C21H34N4O2/c26-15-2-1-9-23-21(27)19-4-3-12-25(17-19)20-7-13-24(14-8-20)16-18-5-10-22-11-6-18/h5-6,10-11,19-20,26H,1-4,7-9,12-17H2,(H,23,27)/t19-/m0/s1. The molecule has 150 valence electrons. The molecule has 3 rings (SSSR count). The summed E-state index contributed by atoms with van der Waals surface area (Å²) in [7, 11) is 0. The Balaban J connectivity index is 1.40. The van der Waals surface area contributed by atoms with Crippen LogP contribution in [-0.4, -0.2) is 71.2 Å². The number of aromatic nitrogens is 1. The number of amides is 1. The molecule has 2 aliphatic heterocycles. The summed E-state index contributed by atoms with van der Waals surface area (Å²) in [4.78, 5) is 21.6. The van der Waals surface area contributed by atoms with Crippen LogP contribution in [0, 0.1) is 5.92 Å². The first-order chi connectivity index (χ1) is 13.3. The van der Waals surface area contributed by atoms with E-state index in [1.807, 2.05) is 12.4 Å². The van der Waals surface area contributed by atoms with Crippen molar-refractivity contribution in [3.05, 3.63) is 30.1 Å². The average molecular weight is 375 g/mol. The van der Waals surface area contributed by atoms with Crippen LogP contribution in [0.5, 0.6) is 0 Å². The number of unbranched alkanes of at least 4 members (excludes halogenated alkanes) is 1. The number of aliphatic hydroxyl groups excluding tert-OH is 1. The lowest BCUT2D eigenvalue weighted by atomic mass is 9.93. The Morgan fingerprint density at radius 2 is 1.93 bits per heavy atom. The van der Waals surface area contributed by atoms with E-state index in [-0.39, 0.29) is 18.4 Å². The molecule has 3 heterocycles. The summed E-state index contributed by atoms with van der Waals surface area (Å²) in [6.45, 7) is 6.18. The predicted octanol–water partition coefficient (Wildman–Crippen LogP) is 1.65. The highest BCUT2D eigenvalue weighted by atomic mass is 16.3. The first kappa shape index (κ1) is 20.2. The SMILES string of the molecule is O=C(NCCCCO)[C@H]1CCCN(C2CCN(Cc3ccncc3)CC2)C1. The number of pyridine rings is 1. The average Bonchev–Trinajstić information content (AvgIpc) is 2.72. The van der Waals surface area contributed by atoms with E-state index in [4.69, 9.17) is 5.11 Å². The number of carbonyl (C=O) groups excluding carboxylic acids is 1. The summed E-state index contributed by atoms with van der Waals surface area (Å²) < 4.78 is 0. The van der Waals surface area contributed by atoms with Crippen LogP contribution in [0.1, 0.15) is 44.1 Å². The lowest BCUT2D eigenvalue weighted by Crippen LogP contribution is -2.50. The quantitative estimate of drug-likeness (QED) is 0.677. The third kappa shape index (κ3) is 6.26. The van der Waals surface area contributed by atoms with E-state index >= 15 is 0 Å². The molecule has 6 nitrogen and oxygen atoms in total. The van der Waals surface area contributed by atoms with E-state index in [0.29, 0.717) is 12.6 Å². The number of rotatable bonds is 8. The van der Waals surface area contributed by atoms with Gasteiger partial charge >= 0.3 is 0 Å². The van der Waals surface area contributed by atoms with Crippen LogP contribution in [0.3, 0.4) is 0 Å². The highest BCUT2D eigenvalue weighted by Gasteiger charge is 2.31. The number of aliphatic hydroxyl groups is 1. The van der Waals surface area contributed by atoms with E-state index in [2.05, 4.69) is 32.2 Å². The number of carbonyl (C=O) groups is 1. The Labute approximate surface area is 163 Å². The van der Waals surface area contributed by atoms with Crippen LogP contribution < -0.4 is 5.32 Å². The monoisotopic (exact) mass is 374 g/mol. The molecular formula is C21H34N4O2. The summed E-state index contributed by atoms with van der Waals surface area (Å²) in [5.41, 5.74) is 1.33. The van der Waals surface area contributed by atoms with Crippen molar-refractivity contribution in [2.45, 2.75) is 51.1 Å². The number of nitrogens with zero attached hydrogens (tertiary/aromatic N) is 3. The number of likely N-dealkylation sites (tertiary alicyclic amines) is 2. The predicted molar refractivity (Wildman–Crippen MR) is 106 cm³/mol. The number of piperidine rings is 2. The van der Waals surface area contributed by atoms with Gasteiger partial charge in [-0.05, 0) is 75.9 Å². The van der Waals surface area contributed by atoms with E-state index in [1.165, 1.54) is 18.4 Å². The normalized spacial score (nSPS) is 22.6. The van der Waals surface area contributed by atoms with Crippen molar-refractivity contribution in [2.75, 3.05) is 39.3 Å². The molecule has 0 aromatic carbocycles. The highest BCUT2D eigenvalue weighted by molar-refractivity contribution is 5.78. The van der Waals surface area contributed by atoms with Gasteiger partial charge in [-0.3, -0.25) is 19.6 Å². The molecule has 1 atom stereocenters. The molecule has 2 N–H and O–H groups in total. The molecule has 0 aliphatic carbocycles. The Morgan fingerprint density at radius 3 is 2.67 bits per heavy atom. The number of hydrogen-bond acceptors (Lipinski definition) is 5. The van der Waals surface area contributed by atoms with Gasteiger partial charge in [0.25, 0.3) is 0 Å². The Hall–Kier alpha value is -1.50. The smallest absolute Gasteiger partial charge is 0.224 e. The molecule has 2 fully saturated rings. The summed E-state index contributed by atoms with van der Waals surface area (Å²) >= 11 is 0. The minimum absolute atomic E-state index is 0.128. The zero-order valence-electron chi connectivity index (χ0n) is 16.4. The van der Waals surface area contributed by atoms with Crippen LogP contribution in [0.25, 0.3) is 0 Å². The van der Waals surface area contributed by atoms with E-state index in [1.54, 1.807) is 0 Å². The molecule has 1 aromatic heterocycles. The van der Waals surface area contributed by atoms with Gasteiger partial charge in [0.2, 0.25) is 5.91 Å². The van der Waals surface area contributed by atoms with Gasteiger partial charge in [-0.15, -0.1) is 0 Å². The van der Waals surface area contributed by atoms with E-state index in [0.717, 1.165) is 58.4 Å². The van der Waals surface area contributed by atoms with Crippen molar-refractivity contribution < 1.29 is 9.90 Å². The fourth-order valence-corrected chi connectivity index (χ4v) is 4.33. The second-order valence-electron chi connectivity index (χ2n) is 7.92. The second kappa shape index (κ2) is 10.7. The maximum atomic E-state index is 12.4. The lowest BCUT2D eigenvalue weighted by Gasteiger charge is -2.42. The van der Waals surface area contributed by atoms with Gasteiger partial charge in [-0.25, -0.2) is 0 Å². The Kier molecular flexibility index (Phi) is 8.05. The lowest BCUT2D eigenvalue weighted by molar-refractivity contribution is -0.127. The molecule has 1 aromatic rings. The maximum Gasteiger partial charge on any atom is 0.224 e. The number of nitrogens with one attached hydrogen (secondary N) is 1. The fraction of sp³-hybridized carbons (Fsp3) is 0.714. The minimum Gasteiger partial charge on any atom is -0.396 e. The fourth-order valence-electron chi connectivity index (χ4n) is 4.33. The molecule has 27 heavy (non-hydrogen) atoms. The van der Waals surface area contributed by atoms with Crippen molar-refractivity contribution in [3.8, 4) is 0 Å². The maximum absolute atomic E-state index is 12.4. The zero-order valence-corrected chi connectivity index (χ0v) is 16.4. The largest absolute Gasteiger partial charge is 0.396 e. The van der Waals surface area contributed by atoms with Crippen LogP contribution >= 0.6 is 0 Å². The van der Waals surface area contributed by atoms with Crippen LogP contribution in [0.2, 0.25) is 0 Å². The number of hydrogen-bond donors (Lipinski definition) is 2. The summed E-state index contributed by atoms with van der Waals surface area (Å²) in [5.74, 6) is 0.329. The molecule has 6 heteroatoms. The van der Waals surface area contributed by atoms with Crippen molar-refractivity contribution in [1.82, 2.24) is 20.1 Å². The van der Waals surface area contributed by atoms with Crippen molar-refractivity contribution in [1.29, 1.82) is 0 Å². The third-order valence-electron chi connectivity index (χ3n) is 5.94. The van der Waals surface area contributed by atoms with Gasteiger partial charge in [0.1, 0.15) is 0 Å². The molecule has 0 bridgehead atoms. The Bertz CT molecular complexity index is 561. The van der Waals surface area contributed by atoms with Gasteiger partial charge in [-0.2, -0.15) is 0 Å². The Morgan fingerprint density at radius 1 is 1.15 bits per heavy atom. The van der Waals surface area contributed by atoms with Gasteiger partial charge in [0.05, 0.1) is 5.92 Å². The second-order valence-corrected chi connectivity index (χ2v) is 7.92.